The Morgan fingerprint density at radius 2 is 2.04 bits per heavy atom. The van der Waals surface area contributed by atoms with Crippen LogP contribution in [0.25, 0.3) is 6.08 Å². The fraction of sp³-hybridized carbons (Fsp3) is 0.278. The summed E-state index contributed by atoms with van der Waals surface area (Å²) in [6.07, 6.45) is 3.52. The number of hydrogen-bond donors (Lipinski definition) is 1. The Morgan fingerprint density at radius 1 is 1.33 bits per heavy atom. The highest BCUT2D eigenvalue weighted by molar-refractivity contribution is 7.18. The predicted molar refractivity (Wildman–Crippen MR) is 98.3 cm³/mol. The maximum atomic E-state index is 12.3. The Labute approximate surface area is 149 Å². The normalized spacial score (nSPS) is 16.2. The second kappa shape index (κ2) is 6.97. The molecular formula is C18H18ClNO3S. The van der Waals surface area contributed by atoms with Gasteiger partial charge in [0.1, 0.15) is 9.88 Å². The van der Waals surface area contributed by atoms with Gasteiger partial charge in [0.25, 0.3) is 0 Å². The number of esters is 1. The van der Waals surface area contributed by atoms with Gasteiger partial charge in [-0.15, -0.1) is 11.3 Å². The number of carbonyl (C=O) groups is 1. The van der Waals surface area contributed by atoms with Gasteiger partial charge < -0.3 is 14.7 Å². The number of carbonyl (C=O) groups excluding carboxylic acids is 1. The highest BCUT2D eigenvalue weighted by Gasteiger charge is 2.30. The van der Waals surface area contributed by atoms with Gasteiger partial charge >= 0.3 is 5.97 Å². The third kappa shape index (κ3) is 2.95. The highest BCUT2D eigenvalue weighted by atomic mass is 35.5. The molecule has 4 nitrogen and oxygen atoms in total. The predicted octanol–water partition coefficient (Wildman–Crippen LogP) is 4.62. The number of nitrogens with zero attached hydrogens (tertiary/aromatic N) is 1. The van der Waals surface area contributed by atoms with E-state index >= 15 is 0 Å². The van der Waals surface area contributed by atoms with Crippen molar-refractivity contribution in [1.29, 1.82) is 0 Å². The van der Waals surface area contributed by atoms with Gasteiger partial charge in [0.15, 0.2) is 6.23 Å². The quantitative estimate of drug-likeness (QED) is 0.805. The van der Waals surface area contributed by atoms with Crippen molar-refractivity contribution in [2.24, 2.45) is 0 Å². The van der Waals surface area contributed by atoms with Gasteiger partial charge in [0.2, 0.25) is 0 Å². The number of rotatable bonds is 4. The third-order valence-electron chi connectivity index (χ3n) is 3.87. The molecule has 0 fully saturated rings. The minimum absolute atomic E-state index is 0.312. The summed E-state index contributed by atoms with van der Waals surface area (Å²) in [6.45, 7) is 4.14. The van der Waals surface area contributed by atoms with Crippen LogP contribution in [0.3, 0.4) is 0 Å². The zero-order valence-electron chi connectivity index (χ0n) is 13.5. The first kappa shape index (κ1) is 17.0. The number of benzene rings is 1. The minimum atomic E-state index is -0.794. The van der Waals surface area contributed by atoms with Gasteiger partial charge in [-0.3, -0.25) is 0 Å². The van der Waals surface area contributed by atoms with Crippen molar-refractivity contribution in [1.82, 2.24) is 0 Å². The summed E-state index contributed by atoms with van der Waals surface area (Å²) in [4.78, 5) is 14.7. The van der Waals surface area contributed by atoms with E-state index in [4.69, 9.17) is 16.3 Å². The second-order valence-electron chi connectivity index (χ2n) is 5.32. The summed E-state index contributed by atoms with van der Waals surface area (Å²) < 4.78 is 5.18. The number of aliphatic hydroxyl groups is 1. The van der Waals surface area contributed by atoms with E-state index in [1.54, 1.807) is 30.0 Å². The molecule has 24 heavy (non-hydrogen) atoms. The zero-order valence-corrected chi connectivity index (χ0v) is 15.0. The van der Waals surface area contributed by atoms with Crippen molar-refractivity contribution >= 4 is 45.7 Å². The number of ether oxygens (including phenoxy) is 1. The van der Waals surface area contributed by atoms with Gasteiger partial charge in [0, 0.05) is 16.3 Å². The molecule has 0 saturated carbocycles. The lowest BCUT2D eigenvalue weighted by Gasteiger charge is -2.30. The molecule has 0 amide bonds. The molecule has 1 atom stereocenters. The summed E-state index contributed by atoms with van der Waals surface area (Å²) in [5.74, 6) is -0.312. The number of fused-ring (bicyclic) bond motifs is 1. The van der Waals surface area contributed by atoms with E-state index in [-0.39, 0.29) is 5.97 Å². The monoisotopic (exact) mass is 363 g/mol. The van der Waals surface area contributed by atoms with Crippen molar-refractivity contribution in [2.75, 3.05) is 11.5 Å². The Hall–Kier alpha value is -1.82. The summed E-state index contributed by atoms with van der Waals surface area (Å²) >= 11 is 7.31. The van der Waals surface area contributed by atoms with Crippen molar-refractivity contribution in [3.63, 3.8) is 0 Å². The lowest BCUT2D eigenvalue weighted by Crippen LogP contribution is -2.30. The molecule has 6 heteroatoms. The third-order valence-corrected chi connectivity index (χ3v) is 5.35. The fourth-order valence-corrected chi connectivity index (χ4v) is 4.24. The molecular weight excluding hydrogens is 346 g/mol. The lowest BCUT2D eigenvalue weighted by molar-refractivity contribution is 0.0531. The van der Waals surface area contributed by atoms with Gasteiger partial charge in [0.05, 0.1) is 6.61 Å². The Bertz CT molecular complexity index is 782. The summed E-state index contributed by atoms with van der Waals surface area (Å²) in [5.41, 5.74) is 2.73. The summed E-state index contributed by atoms with van der Waals surface area (Å²) in [7, 11) is 0. The molecule has 1 unspecified atom stereocenters. The van der Waals surface area contributed by atoms with E-state index < -0.39 is 6.23 Å². The lowest BCUT2D eigenvalue weighted by atomic mass is 10.0. The molecule has 0 spiro atoms. The molecule has 1 aliphatic heterocycles. The molecule has 1 aromatic heterocycles. The van der Waals surface area contributed by atoms with Crippen LogP contribution in [-0.2, 0) is 11.2 Å². The average Bonchev–Trinajstić information content (AvgIpc) is 2.94. The number of aliphatic hydroxyl groups excluding tert-OH is 1. The topological polar surface area (TPSA) is 49.8 Å². The maximum absolute atomic E-state index is 12.3. The van der Waals surface area contributed by atoms with Crippen LogP contribution in [0.2, 0.25) is 5.02 Å². The molecule has 0 radical (unpaired) electrons. The molecule has 1 aliphatic rings. The van der Waals surface area contributed by atoms with Crippen molar-refractivity contribution in [3.8, 4) is 0 Å². The molecule has 0 aliphatic carbocycles. The number of halogens is 1. The highest BCUT2D eigenvalue weighted by Crippen LogP contribution is 2.44. The van der Waals surface area contributed by atoms with Crippen LogP contribution in [0.4, 0.5) is 10.7 Å². The van der Waals surface area contributed by atoms with E-state index in [0.717, 1.165) is 28.2 Å². The molecule has 0 bridgehead atoms. The van der Waals surface area contributed by atoms with Crippen LogP contribution in [-0.4, -0.2) is 23.9 Å². The van der Waals surface area contributed by atoms with Crippen molar-refractivity contribution < 1.29 is 14.6 Å². The second-order valence-corrected chi connectivity index (χ2v) is 6.76. The maximum Gasteiger partial charge on any atom is 0.348 e. The largest absolute Gasteiger partial charge is 0.462 e. The van der Waals surface area contributed by atoms with Crippen LogP contribution in [0, 0.1) is 0 Å². The van der Waals surface area contributed by atoms with E-state index in [1.807, 2.05) is 25.1 Å². The fourth-order valence-electron chi connectivity index (χ4n) is 2.79. The zero-order chi connectivity index (χ0) is 17.3. The van der Waals surface area contributed by atoms with Crippen molar-refractivity contribution in [3.05, 3.63) is 51.4 Å². The minimum Gasteiger partial charge on any atom is -0.462 e. The molecule has 0 saturated heterocycles. The van der Waals surface area contributed by atoms with Crippen LogP contribution in [0.15, 0.2) is 30.3 Å². The number of anilines is 2. The number of thiophene rings is 1. The summed E-state index contributed by atoms with van der Waals surface area (Å²) in [5, 5.41) is 11.9. The standard InChI is InChI=1S/C18H18ClNO3S/c1-3-13-14-9-10-15(21)20(12-7-5-11(19)6-8-12)17(14)24-16(13)18(22)23-4-2/h5-10,15,21H,3-4H2,1-2H3. The van der Waals surface area contributed by atoms with Gasteiger partial charge in [-0.25, -0.2) is 4.79 Å². The molecule has 2 heterocycles. The first-order valence-electron chi connectivity index (χ1n) is 7.80. The Balaban J connectivity index is 2.11. The van der Waals surface area contributed by atoms with Crippen molar-refractivity contribution in [2.45, 2.75) is 26.5 Å². The number of hydrogen-bond acceptors (Lipinski definition) is 5. The smallest absolute Gasteiger partial charge is 0.348 e. The van der Waals surface area contributed by atoms with Crippen LogP contribution < -0.4 is 4.90 Å². The first-order chi connectivity index (χ1) is 11.6. The first-order valence-corrected chi connectivity index (χ1v) is 9.00. The van der Waals surface area contributed by atoms with Crippen LogP contribution in [0.5, 0.6) is 0 Å². The molecule has 1 N–H and O–H groups in total. The average molecular weight is 364 g/mol. The molecule has 126 valence electrons. The van der Waals surface area contributed by atoms with Gasteiger partial charge in [-0.2, -0.15) is 0 Å². The molecule has 3 rings (SSSR count). The van der Waals surface area contributed by atoms with E-state index in [1.165, 1.54) is 11.3 Å². The van der Waals surface area contributed by atoms with E-state index in [2.05, 4.69) is 0 Å². The molecule has 2 aromatic rings. The van der Waals surface area contributed by atoms with Crippen LogP contribution >= 0.6 is 22.9 Å². The van der Waals surface area contributed by atoms with E-state index in [9.17, 15) is 9.90 Å². The SMILES string of the molecule is CCOC(=O)c1sc2c(c1CC)C=CC(O)N2c1ccc(Cl)cc1. The van der Waals surface area contributed by atoms with Crippen LogP contribution in [0.1, 0.15) is 34.6 Å². The summed E-state index contributed by atoms with van der Waals surface area (Å²) in [6, 6.07) is 7.26. The Morgan fingerprint density at radius 3 is 2.67 bits per heavy atom. The van der Waals surface area contributed by atoms with Gasteiger partial charge in [-0.1, -0.05) is 24.6 Å². The molecule has 1 aromatic carbocycles. The Kier molecular flexibility index (Phi) is 4.94. The van der Waals surface area contributed by atoms with E-state index in [0.29, 0.717) is 16.5 Å². The van der Waals surface area contributed by atoms with Gasteiger partial charge in [-0.05, 0) is 49.2 Å².